The molecule has 3 aromatic carbocycles. The van der Waals surface area contributed by atoms with Crippen molar-refractivity contribution in [3.8, 4) is 11.1 Å². The second-order valence-corrected chi connectivity index (χ2v) is 12.4. The van der Waals surface area contributed by atoms with Gasteiger partial charge in [-0.1, -0.05) is 60.7 Å². The van der Waals surface area contributed by atoms with Crippen molar-refractivity contribution < 1.29 is 19.1 Å². The standard InChI is InChI=1S/C33H41N5O4S/c1-22(42-31(40)18-35)19-36-33(2,3)16-30(39)37-27-21-43-29-11-7-6-10-28(29)38(32(27)41)20-23-12-14-24(15-13-23)26-9-5-4-8-25(26)17-34/h4-15,22,27,36H,16-21,34-35H2,1-3H3,(H,37,39)/t22-,27-/m1/s1. The molecule has 0 saturated carbocycles. The summed E-state index contributed by atoms with van der Waals surface area (Å²) in [6.07, 6.45) is -0.257. The van der Waals surface area contributed by atoms with Crippen LogP contribution in [-0.2, 0) is 32.2 Å². The van der Waals surface area contributed by atoms with Crippen molar-refractivity contribution in [2.24, 2.45) is 11.5 Å². The molecule has 0 spiro atoms. The molecule has 228 valence electrons. The van der Waals surface area contributed by atoms with Crippen LogP contribution in [0.25, 0.3) is 11.1 Å². The van der Waals surface area contributed by atoms with Gasteiger partial charge in [-0.05, 0) is 55.2 Å². The van der Waals surface area contributed by atoms with Gasteiger partial charge in [-0.2, -0.15) is 0 Å². The lowest BCUT2D eigenvalue weighted by Crippen LogP contribution is -2.52. The summed E-state index contributed by atoms with van der Waals surface area (Å²) in [5.41, 5.74) is 15.7. The number of nitrogens with two attached hydrogens (primary N) is 2. The third-order valence-corrected chi connectivity index (χ3v) is 8.43. The molecule has 1 aliphatic rings. The zero-order valence-corrected chi connectivity index (χ0v) is 25.8. The average Bonchev–Trinajstić information content (AvgIpc) is 3.12. The van der Waals surface area contributed by atoms with Gasteiger partial charge in [-0.25, -0.2) is 0 Å². The maximum Gasteiger partial charge on any atom is 0.320 e. The lowest BCUT2D eigenvalue weighted by atomic mass is 9.98. The Morgan fingerprint density at radius 1 is 1.05 bits per heavy atom. The van der Waals surface area contributed by atoms with E-state index in [1.54, 1.807) is 23.6 Å². The van der Waals surface area contributed by atoms with Crippen LogP contribution in [0, 0.1) is 0 Å². The fourth-order valence-corrected chi connectivity index (χ4v) is 6.09. The van der Waals surface area contributed by atoms with E-state index in [0.29, 0.717) is 25.4 Å². The van der Waals surface area contributed by atoms with Crippen LogP contribution in [0.15, 0.2) is 77.7 Å². The molecular formula is C33H41N5O4S. The first-order valence-electron chi connectivity index (χ1n) is 14.4. The monoisotopic (exact) mass is 603 g/mol. The van der Waals surface area contributed by atoms with Crippen LogP contribution in [0.4, 0.5) is 5.69 Å². The number of esters is 1. The predicted molar refractivity (Wildman–Crippen MR) is 171 cm³/mol. The van der Waals surface area contributed by atoms with Crippen molar-refractivity contribution in [3.63, 3.8) is 0 Å². The molecule has 3 aromatic rings. The Morgan fingerprint density at radius 2 is 1.74 bits per heavy atom. The zero-order chi connectivity index (χ0) is 31.0. The summed E-state index contributed by atoms with van der Waals surface area (Å²) in [6, 6.07) is 23.4. The number of amides is 2. The summed E-state index contributed by atoms with van der Waals surface area (Å²) in [7, 11) is 0. The van der Waals surface area contributed by atoms with Gasteiger partial charge in [-0.3, -0.25) is 14.4 Å². The summed E-state index contributed by atoms with van der Waals surface area (Å²) in [6.45, 7) is 6.56. The predicted octanol–water partition coefficient (Wildman–Crippen LogP) is 3.58. The van der Waals surface area contributed by atoms with E-state index in [1.807, 2.05) is 68.4 Å². The average molecular weight is 604 g/mol. The number of thioether (sulfide) groups is 1. The Morgan fingerprint density at radius 3 is 2.47 bits per heavy atom. The molecule has 1 aliphatic heterocycles. The molecule has 2 amide bonds. The van der Waals surface area contributed by atoms with Gasteiger partial charge in [0, 0.05) is 35.7 Å². The van der Waals surface area contributed by atoms with Crippen molar-refractivity contribution in [3.05, 3.63) is 83.9 Å². The van der Waals surface area contributed by atoms with Crippen LogP contribution in [0.3, 0.4) is 0 Å². The molecule has 9 nitrogen and oxygen atoms in total. The number of nitrogens with zero attached hydrogens (tertiary/aromatic N) is 1. The number of benzene rings is 3. The normalized spacial score (nSPS) is 15.8. The zero-order valence-electron chi connectivity index (χ0n) is 25.0. The van der Waals surface area contributed by atoms with Crippen molar-refractivity contribution in [2.75, 3.05) is 23.7 Å². The van der Waals surface area contributed by atoms with Crippen molar-refractivity contribution in [1.29, 1.82) is 0 Å². The molecule has 4 rings (SSSR count). The number of hydrogen-bond donors (Lipinski definition) is 4. The molecule has 1 heterocycles. The van der Waals surface area contributed by atoms with Gasteiger partial charge in [-0.15, -0.1) is 11.8 Å². The smallest absolute Gasteiger partial charge is 0.320 e. The van der Waals surface area contributed by atoms with Gasteiger partial charge >= 0.3 is 5.97 Å². The highest BCUT2D eigenvalue weighted by Gasteiger charge is 2.33. The third-order valence-electron chi connectivity index (χ3n) is 7.27. The number of carbonyl (C=O) groups excluding carboxylic acids is 3. The molecule has 0 bridgehead atoms. The summed E-state index contributed by atoms with van der Waals surface area (Å²) < 4.78 is 5.20. The van der Waals surface area contributed by atoms with Gasteiger partial charge < -0.3 is 31.7 Å². The number of carbonyl (C=O) groups is 3. The Hall–Kier alpha value is -3.70. The highest BCUT2D eigenvalue weighted by molar-refractivity contribution is 7.99. The number of nitrogens with one attached hydrogen (secondary N) is 2. The van der Waals surface area contributed by atoms with Crippen LogP contribution in [0.1, 0.15) is 38.3 Å². The van der Waals surface area contributed by atoms with E-state index < -0.39 is 23.7 Å². The Kier molecular flexibility index (Phi) is 11.0. The Balaban J connectivity index is 1.45. The van der Waals surface area contributed by atoms with Crippen LogP contribution < -0.4 is 27.0 Å². The lowest BCUT2D eigenvalue weighted by molar-refractivity contribution is -0.146. The molecule has 10 heteroatoms. The minimum absolute atomic E-state index is 0.137. The van der Waals surface area contributed by atoms with Gasteiger partial charge in [0.2, 0.25) is 5.91 Å². The topological polar surface area (TPSA) is 140 Å². The number of para-hydroxylation sites is 1. The van der Waals surface area contributed by atoms with E-state index in [-0.39, 0.29) is 24.8 Å². The fraction of sp³-hybridized carbons (Fsp3) is 0.364. The molecule has 0 fully saturated rings. The van der Waals surface area contributed by atoms with Crippen LogP contribution >= 0.6 is 11.8 Å². The van der Waals surface area contributed by atoms with E-state index in [1.165, 1.54) is 0 Å². The summed E-state index contributed by atoms with van der Waals surface area (Å²) in [5.74, 6) is -0.451. The van der Waals surface area contributed by atoms with Crippen LogP contribution in [0.2, 0.25) is 0 Å². The second-order valence-electron chi connectivity index (χ2n) is 11.3. The molecule has 6 N–H and O–H groups in total. The van der Waals surface area contributed by atoms with Crippen molar-refractivity contribution in [1.82, 2.24) is 10.6 Å². The van der Waals surface area contributed by atoms with Gasteiger partial charge in [0.1, 0.15) is 12.1 Å². The van der Waals surface area contributed by atoms with E-state index in [4.69, 9.17) is 16.2 Å². The van der Waals surface area contributed by atoms with Crippen molar-refractivity contribution >= 4 is 35.2 Å². The molecule has 0 saturated heterocycles. The second kappa shape index (κ2) is 14.7. The molecule has 0 unspecified atom stereocenters. The summed E-state index contributed by atoms with van der Waals surface area (Å²) >= 11 is 1.56. The molecule has 0 radical (unpaired) electrons. The Bertz CT molecular complexity index is 1430. The first kappa shape index (κ1) is 32.2. The van der Waals surface area contributed by atoms with Crippen LogP contribution in [0.5, 0.6) is 0 Å². The Labute approximate surface area is 257 Å². The number of hydrogen-bond acceptors (Lipinski definition) is 8. The van der Waals surface area contributed by atoms with Gasteiger partial charge in [0.05, 0.1) is 18.8 Å². The van der Waals surface area contributed by atoms with E-state index in [0.717, 1.165) is 32.8 Å². The maximum absolute atomic E-state index is 13.9. The third kappa shape index (κ3) is 8.67. The molecular weight excluding hydrogens is 562 g/mol. The quantitative estimate of drug-likeness (QED) is 0.230. The van der Waals surface area contributed by atoms with E-state index >= 15 is 0 Å². The van der Waals surface area contributed by atoms with E-state index in [2.05, 4.69) is 28.8 Å². The largest absolute Gasteiger partial charge is 0.460 e. The first-order valence-corrected chi connectivity index (χ1v) is 15.4. The molecule has 0 aliphatic carbocycles. The lowest BCUT2D eigenvalue weighted by Gasteiger charge is -2.29. The van der Waals surface area contributed by atoms with Gasteiger partial charge in [0.15, 0.2) is 0 Å². The minimum Gasteiger partial charge on any atom is -0.460 e. The maximum atomic E-state index is 13.9. The number of rotatable bonds is 12. The van der Waals surface area contributed by atoms with Gasteiger partial charge in [0.25, 0.3) is 5.91 Å². The number of fused-ring (bicyclic) bond motifs is 1. The summed E-state index contributed by atoms with van der Waals surface area (Å²) in [4.78, 5) is 41.3. The van der Waals surface area contributed by atoms with Crippen LogP contribution in [-0.4, -0.2) is 54.3 Å². The molecule has 0 aromatic heterocycles. The highest BCUT2D eigenvalue weighted by Crippen LogP contribution is 2.35. The SMILES string of the molecule is C[C@H](CNC(C)(C)CC(=O)N[C@@H]1CSc2ccccc2N(Cc2ccc(-c3ccccc3CN)cc2)C1=O)OC(=O)CN. The van der Waals surface area contributed by atoms with E-state index in [9.17, 15) is 14.4 Å². The first-order chi connectivity index (χ1) is 20.6. The minimum atomic E-state index is -0.694. The van der Waals surface area contributed by atoms with Crippen molar-refractivity contribution in [2.45, 2.75) is 62.9 Å². The highest BCUT2D eigenvalue weighted by atomic mass is 32.2. The summed E-state index contributed by atoms with van der Waals surface area (Å²) in [5, 5.41) is 6.26. The fourth-order valence-electron chi connectivity index (χ4n) is 5.02. The molecule has 43 heavy (non-hydrogen) atoms. The number of ether oxygens (including phenoxy) is 1. The molecule has 2 atom stereocenters. The number of anilines is 1.